The van der Waals surface area contributed by atoms with Gasteiger partial charge in [0.2, 0.25) is 0 Å². The maximum atomic E-state index is 13.3. The Morgan fingerprint density at radius 1 is 1.33 bits per heavy atom. The Kier molecular flexibility index (Phi) is 4.60. The first kappa shape index (κ1) is 16.3. The molecule has 0 bridgehead atoms. The molecule has 0 aliphatic carbocycles. The van der Waals surface area contributed by atoms with E-state index in [4.69, 9.17) is 5.73 Å². The second kappa shape index (κ2) is 5.94. The van der Waals surface area contributed by atoms with Crippen LogP contribution in [0.25, 0.3) is 0 Å². The lowest BCUT2D eigenvalue weighted by Crippen LogP contribution is -2.39. The van der Waals surface area contributed by atoms with Gasteiger partial charge in [0.05, 0.1) is 11.5 Å². The van der Waals surface area contributed by atoms with E-state index in [1.165, 1.54) is 0 Å². The van der Waals surface area contributed by atoms with Gasteiger partial charge in [0.15, 0.2) is 27.3 Å². The lowest BCUT2D eigenvalue weighted by molar-refractivity contribution is 0.191. The van der Waals surface area contributed by atoms with Crippen LogP contribution in [0.2, 0.25) is 0 Å². The van der Waals surface area contributed by atoms with Gasteiger partial charge in [0, 0.05) is 18.6 Å². The molecular weight excluding hydrogens is 305 g/mol. The summed E-state index contributed by atoms with van der Waals surface area (Å²) in [5, 5.41) is 0. The Hall–Kier alpha value is -1.12. The fourth-order valence-electron chi connectivity index (χ4n) is 2.66. The van der Waals surface area contributed by atoms with Gasteiger partial charge in [-0.05, 0) is 31.2 Å². The van der Waals surface area contributed by atoms with Crippen molar-refractivity contribution in [3.8, 4) is 0 Å². The molecule has 2 N–H and O–H groups in total. The van der Waals surface area contributed by atoms with Gasteiger partial charge in [-0.15, -0.1) is 0 Å². The van der Waals surface area contributed by atoms with E-state index in [1.54, 1.807) is 11.9 Å². The van der Waals surface area contributed by atoms with E-state index in [-0.39, 0.29) is 29.7 Å². The zero-order valence-corrected chi connectivity index (χ0v) is 12.3. The summed E-state index contributed by atoms with van der Waals surface area (Å²) in [5.41, 5.74) is 5.84. The first-order valence-corrected chi connectivity index (χ1v) is 8.34. The molecule has 2 atom stereocenters. The molecule has 2 rings (SSSR count). The van der Waals surface area contributed by atoms with Gasteiger partial charge in [-0.2, -0.15) is 0 Å². The van der Waals surface area contributed by atoms with E-state index >= 15 is 0 Å². The number of likely N-dealkylation sites (N-methyl/N-ethyl adjacent to an activating group) is 1. The normalized spacial score (nSPS) is 22.7. The van der Waals surface area contributed by atoms with Gasteiger partial charge in [0.1, 0.15) is 0 Å². The van der Waals surface area contributed by atoms with E-state index in [0.717, 1.165) is 12.1 Å². The molecule has 1 aliphatic heterocycles. The molecule has 0 amide bonds. The lowest BCUT2D eigenvalue weighted by atomic mass is 10.0. The minimum atomic E-state index is -3.08. The number of sulfone groups is 1. The highest BCUT2D eigenvalue weighted by Gasteiger charge is 2.34. The largest absolute Gasteiger partial charge is 0.329 e. The zero-order valence-electron chi connectivity index (χ0n) is 11.5. The second-order valence-electron chi connectivity index (χ2n) is 5.27. The highest BCUT2D eigenvalue weighted by atomic mass is 32.2. The SMILES string of the molecule is CN(C1CCS(=O)(=O)C1)C(CN)c1cc(F)c(F)c(F)c1. The lowest BCUT2D eigenvalue weighted by Gasteiger charge is -2.32. The summed E-state index contributed by atoms with van der Waals surface area (Å²) in [4.78, 5) is 1.69. The number of halogens is 3. The van der Waals surface area contributed by atoms with Crippen molar-refractivity contribution in [2.24, 2.45) is 5.73 Å². The summed E-state index contributed by atoms with van der Waals surface area (Å²) in [5.74, 6) is -4.01. The standard InChI is InChI=1S/C13H17F3N2O2S/c1-18(9-2-3-21(19,20)7-9)12(6-17)8-4-10(14)13(16)11(15)5-8/h4-5,9,12H,2-3,6-7,17H2,1H3. The number of rotatable bonds is 4. The molecule has 2 unspecified atom stereocenters. The summed E-state index contributed by atoms with van der Waals surface area (Å²) in [6.07, 6.45) is 0.446. The van der Waals surface area contributed by atoms with Crippen LogP contribution in [-0.2, 0) is 9.84 Å². The molecule has 1 aromatic carbocycles. The van der Waals surface area contributed by atoms with Gasteiger partial charge in [-0.1, -0.05) is 0 Å². The van der Waals surface area contributed by atoms with Crippen LogP contribution in [0.15, 0.2) is 12.1 Å². The van der Waals surface area contributed by atoms with Gasteiger partial charge in [-0.3, -0.25) is 4.90 Å². The summed E-state index contributed by atoms with van der Waals surface area (Å²) >= 11 is 0. The summed E-state index contributed by atoms with van der Waals surface area (Å²) in [6, 6.07) is 0.957. The van der Waals surface area contributed by atoms with E-state index in [1.807, 2.05) is 0 Å². The van der Waals surface area contributed by atoms with Crippen LogP contribution < -0.4 is 5.73 Å². The van der Waals surface area contributed by atoms with Crippen LogP contribution in [0.5, 0.6) is 0 Å². The molecule has 1 saturated heterocycles. The Labute approximate surface area is 121 Å². The smallest absolute Gasteiger partial charge is 0.194 e. The van der Waals surface area contributed by atoms with Crippen LogP contribution in [-0.4, -0.2) is 44.5 Å². The number of hydrogen-bond donors (Lipinski definition) is 1. The topological polar surface area (TPSA) is 63.4 Å². The molecule has 1 aliphatic rings. The third-order valence-electron chi connectivity index (χ3n) is 3.89. The monoisotopic (exact) mass is 322 g/mol. The van der Waals surface area contributed by atoms with E-state index in [2.05, 4.69) is 0 Å². The van der Waals surface area contributed by atoms with Gasteiger partial charge < -0.3 is 5.73 Å². The van der Waals surface area contributed by atoms with E-state index in [9.17, 15) is 21.6 Å². The number of nitrogens with two attached hydrogens (primary N) is 1. The van der Waals surface area contributed by atoms with Crippen LogP contribution >= 0.6 is 0 Å². The summed E-state index contributed by atoms with van der Waals surface area (Å²) < 4.78 is 62.7. The van der Waals surface area contributed by atoms with E-state index < -0.39 is 33.3 Å². The maximum absolute atomic E-state index is 13.3. The maximum Gasteiger partial charge on any atom is 0.194 e. The first-order valence-electron chi connectivity index (χ1n) is 6.52. The van der Waals surface area contributed by atoms with E-state index in [0.29, 0.717) is 6.42 Å². The third kappa shape index (κ3) is 3.38. The summed E-state index contributed by atoms with van der Waals surface area (Å²) in [6.45, 7) is 0.0392. The van der Waals surface area contributed by atoms with Crippen molar-refractivity contribution in [2.45, 2.75) is 18.5 Å². The predicted molar refractivity (Wildman–Crippen MR) is 72.9 cm³/mol. The van der Waals surface area contributed by atoms with Crippen LogP contribution in [0, 0.1) is 17.5 Å². The van der Waals surface area contributed by atoms with Gasteiger partial charge in [0.25, 0.3) is 0 Å². The molecule has 0 radical (unpaired) electrons. The highest BCUT2D eigenvalue weighted by Crippen LogP contribution is 2.27. The highest BCUT2D eigenvalue weighted by molar-refractivity contribution is 7.91. The molecular formula is C13H17F3N2O2S. The predicted octanol–water partition coefficient (Wildman–Crippen LogP) is 1.22. The molecule has 1 fully saturated rings. The van der Waals surface area contributed by atoms with Gasteiger partial charge in [-0.25, -0.2) is 21.6 Å². The number of nitrogens with zero attached hydrogens (tertiary/aromatic N) is 1. The van der Waals surface area contributed by atoms with Crippen LogP contribution in [0.1, 0.15) is 18.0 Å². The molecule has 21 heavy (non-hydrogen) atoms. The van der Waals surface area contributed by atoms with Gasteiger partial charge >= 0.3 is 0 Å². The molecule has 0 spiro atoms. The molecule has 1 aromatic rings. The van der Waals surface area contributed by atoms with Crippen LogP contribution in [0.3, 0.4) is 0 Å². The number of hydrogen-bond acceptors (Lipinski definition) is 4. The zero-order chi connectivity index (χ0) is 15.8. The molecule has 8 heteroatoms. The van der Waals surface area contributed by atoms with Crippen molar-refractivity contribution < 1.29 is 21.6 Å². The fraction of sp³-hybridized carbons (Fsp3) is 0.538. The quantitative estimate of drug-likeness (QED) is 0.847. The minimum Gasteiger partial charge on any atom is -0.329 e. The van der Waals surface area contributed by atoms with Crippen molar-refractivity contribution in [3.63, 3.8) is 0 Å². The Morgan fingerprint density at radius 3 is 2.33 bits per heavy atom. The van der Waals surface area contributed by atoms with Crippen molar-refractivity contribution in [1.29, 1.82) is 0 Å². The Morgan fingerprint density at radius 2 is 1.90 bits per heavy atom. The van der Waals surface area contributed by atoms with Crippen molar-refractivity contribution >= 4 is 9.84 Å². The van der Waals surface area contributed by atoms with Crippen molar-refractivity contribution in [3.05, 3.63) is 35.1 Å². The molecule has 0 aromatic heterocycles. The Balaban J connectivity index is 2.27. The Bertz CT molecular complexity index is 613. The number of benzene rings is 1. The summed E-state index contributed by atoms with van der Waals surface area (Å²) in [7, 11) is -1.42. The molecule has 0 saturated carbocycles. The van der Waals surface area contributed by atoms with Crippen molar-refractivity contribution in [1.82, 2.24) is 4.90 Å². The van der Waals surface area contributed by atoms with Crippen molar-refractivity contribution in [2.75, 3.05) is 25.1 Å². The second-order valence-corrected chi connectivity index (χ2v) is 7.50. The third-order valence-corrected chi connectivity index (χ3v) is 5.64. The average Bonchev–Trinajstić information content (AvgIpc) is 2.77. The van der Waals surface area contributed by atoms with Crippen LogP contribution in [0.4, 0.5) is 13.2 Å². The molecule has 118 valence electrons. The average molecular weight is 322 g/mol. The molecule has 4 nitrogen and oxygen atoms in total. The molecule has 1 heterocycles. The first-order chi connectivity index (χ1) is 9.75. The minimum absolute atomic E-state index is 0.00778. The fourth-order valence-corrected chi connectivity index (χ4v) is 4.44.